The highest BCUT2D eigenvalue weighted by atomic mass is 32.3. The monoisotopic (exact) mass is 452 g/mol. The van der Waals surface area contributed by atoms with Gasteiger partial charge in [-0.1, -0.05) is 6.58 Å². The molecule has 0 aliphatic carbocycles. The molecule has 0 aromatic rings. The highest BCUT2D eigenvalue weighted by Gasteiger charge is 2.46. The molecule has 0 unspecified atom stereocenters. The highest BCUT2D eigenvalue weighted by molar-refractivity contribution is 8.13. The lowest BCUT2D eigenvalue weighted by molar-refractivity contribution is -0.870. The Bertz CT molecular complexity index is 665. The largest absolute Gasteiger partial charge is 0.480 e. The molecule has 0 aromatic heterocycles. The van der Waals surface area contributed by atoms with Crippen LogP contribution in [0.1, 0.15) is 6.42 Å². The van der Waals surface area contributed by atoms with Crippen LogP contribution in [0, 0.1) is 0 Å². The third-order valence-electron chi connectivity index (χ3n) is 2.17. The summed E-state index contributed by atoms with van der Waals surface area (Å²) in [5.74, 6) is -0.337. The van der Waals surface area contributed by atoms with Crippen LogP contribution in [0.3, 0.4) is 0 Å². The molecule has 27 heavy (non-hydrogen) atoms. The van der Waals surface area contributed by atoms with E-state index in [1.54, 1.807) is 0 Å². The summed E-state index contributed by atoms with van der Waals surface area (Å²) in [5.41, 5.74) is -12.4. The normalized spacial score (nSPS) is 13.4. The van der Waals surface area contributed by atoms with E-state index in [-0.39, 0.29) is 5.97 Å². The number of carbonyl (C=O) groups excluding carboxylic acids is 1. The Hall–Kier alpha value is -1.39. The van der Waals surface area contributed by atoms with E-state index >= 15 is 0 Å². The van der Waals surface area contributed by atoms with E-state index in [0.717, 1.165) is 21.6 Å². The van der Waals surface area contributed by atoms with Crippen LogP contribution in [0.5, 0.6) is 0 Å². The van der Waals surface area contributed by atoms with Gasteiger partial charge in [0, 0.05) is 12.5 Å². The van der Waals surface area contributed by atoms with Gasteiger partial charge < -0.3 is 13.3 Å². The molecule has 0 amide bonds. The van der Waals surface area contributed by atoms with E-state index < -0.39 is 31.1 Å². The van der Waals surface area contributed by atoms with Crippen LogP contribution in [0.2, 0.25) is 0 Å². The van der Waals surface area contributed by atoms with Crippen molar-refractivity contribution in [1.29, 1.82) is 0 Å². The Kier molecular flexibility index (Phi) is 9.99. The number of quaternary nitrogens is 1. The molecule has 0 fully saturated rings. The molecule has 0 spiro atoms. The van der Waals surface area contributed by atoms with E-state index in [9.17, 15) is 48.0 Å². The van der Waals surface area contributed by atoms with Crippen molar-refractivity contribution in [2.75, 3.05) is 34.3 Å². The van der Waals surface area contributed by atoms with Crippen LogP contribution in [0.25, 0.3) is 4.13 Å². The molecule has 16 heteroatoms. The van der Waals surface area contributed by atoms with Gasteiger partial charge in [-0.15, -0.1) is 0 Å². The average Bonchev–Trinajstić information content (AvgIpc) is 2.39. The highest BCUT2D eigenvalue weighted by Crippen LogP contribution is 2.36. The minimum absolute atomic E-state index is 0.337. The molecule has 0 aliphatic rings. The molecular weight excluding hydrogens is 434 g/mol. The van der Waals surface area contributed by atoms with Crippen molar-refractivity contribution < 1.29 is 57.2 Å². The second kappa shape index (κ2) is 9.70. The van der Waals surface area contributed by atoms with E-state index in [1.807, 2.05) is 0 Å². The summed E-state index contributed by atoms with van der Waals surface area (Å²) in [4.78, 5) is 10.6. The lowest BCUT2D eigenvalue weighted by Gasteiger charge is -2.23. The van der Waals surface area contributed by atoms with Crippen LogP contribution in [0.4, 0.5) is 26.3 Å². The van der Waals surface area contributed by atoms with Crippen molar-refractivity contribution in [1.82, 2.24) is 0 Å². The van der Waals surface area contributed by atoms with Gasteiger partial charge in [-0.3, -0.25) is 0 Å². The summed E-state index contributed by atoms with van der Waals surface area (Å²) in [6, 6.07) is 0. The number of ether oxygens (including phenoxy) is 1. The van der Waals surface area contributed by atoms with E-state index in [1.165, 1.54) is 6.08 Å². The van der Waals surface area contributed by atoms with Crippen molar-refractivity contribution in [2.24, 2.45) is 0 Å². The lowest BCUT2D eigenvalue weighted by atomic mass is 10.4. The van der Waals surface area contributed by atoms with E-state index in [2.05, 4.69) is 27.7 Å². The lowest BCUT2D eigenvalue weighted by Crippen LogP contribution is -2.35. The molecule has 0 heterocycles. The van der Waals surface area contributed by atoms with Gasteiger partial charge in [0.05, 0.1) is 34.3 Å². The SMILES string of the molecule is C=CC(=O)OCCC[N+](C)(C)C.O=S(=O)([N-]S(=O)(=O)C(F)(F)F)C(F)(F)F. The number of halogens is 6. The van der Waals surface area contributed by atoms with Gasteiger partial charge in [-0.05, 0) is 0 Å². The minimum Gasteiger partial charge on any atom is -0.462 e. The molecule has 0 N–H and O–H groups in total. The van der Waals surface area contributed by atoms with Crippen LogP contribution < -0.4 is 0 Å². The molecule has 0 atom stereocenters. The molecule has 0 rings (SSSR count). The predicted octanol–water partition coefficient (Wildman–Crippen LogP) is 1.87. The van der Waals surface area contributed by atoms with Gasteiger partial charge in [-0.2, -0.15) is 26.3 Å². The predicted molar refractivity (Wildman–Crippen MR) is 82.0 cm³/mol. The molecule has 0 aliphatic heterocycles. The number of nitrogens with zero attached hydrogens (tertiary/aromatic N) is 2. The molecule has 0 saturated heterocycles. The number of hydrogen-bond donors (Lipinski definition) is 0. The fourth-order valence-corrected chi connectivity index (χ4v) is 2.69. The number of hydrogen-bond acceptors (Lipinski definition) is 6. The molecule has 162 valence electrons. The van der Waals surface area contributed by atoms with Crippen LogP contribution >= 0.6 is 0 Å². The maximum atomic E-state index is 11.4. The summed E-state index contributed by atoms with van der Waals surface area (Å²) < 4.78 is 115. The van der Waals surface area contributed by atoms with Crippen molar-refractivity contribution in [3.63, 3.8) is 0 Å². The zero-order valence-electron chi connectivity index (χ0n) is 14.3. The zero-order chi connectivity index (χ0) is 22.3. The van der Waals surface area contributed by atoms with Crippen molar-refractivity contribution >= 4 is 26.0 Å². The summed E-state index contributed by atoms with van der Waals surface area (Å²) in [5, 5.41) is 0. The molecular formula is C11H18F6N2O6S2. The van der Waals surface area contributed by atoms with Crippen molar-refractivity contribution in [3.05, 3.63) is 16.8 Å². The molecule has 0 radical (unpaired) electrons. The summed E-state index contributed by atoms with van der Waals surface area (Å²) in [7, 11) is -7.12. The number of esters is 1. The van der Waals surface area contributed by atoms with Crippen molar-refractivity contribution in [2.45, 2.75) is 17.4 Å². The third-order valence-corrected chi connectivity index (χ3v) is 4.91. The second-order valence-corrected chi connectivity index (χ2v) is 9.08. The smallest absolute Gasteiger partial charge is 0.462 e. The Morgan fingerprint density at radius 2 is 1.37 bits per heavy atom. The summed E-state index contributed by atoms with van der Waals surface area (Å²) in [6.07, 6.45) is 2.08. The van der Waals surface area contributed by atoms with Crippen LogP contribution in [0.15, 0.2) is 12.7 Å². The Labute approximate surface area is 152 Å². The van der Waals surface area contributed by atoms with Crippen LogP contribution in [-0.2, 0) is 29.6 Å². The maximum Gasteiger partial charge on any atom is 0.480 e. The Morgan fingerprint density at radius 3 is 1.63 bits per heavy atom. The topological polar surface area (TPSA) is 109 Å². The Balaban J connectivity index is 0. The molecule has 0 saturated carbocycles. The third kappa shape index (κ3) is 11.8. The number of alkyl halides is 6. The van der Waals surface area contributed by atoms with Gasteiger partial charge >= 0.3 is 17.0 Å². The Morgan fingerprint density at radius 1 is 1.00 bits per heavy atom. The van der Waals surface area contributed by atoms with Gasteiger partial charge in [0.25, 0.3) is 0 Å². The van der Waals surface area contributed by atoms with Crippen molar-refractivity contribution in [3.8, 4) is 0 Å². The second-order valence-electron chi connectivity index (χ2n) is 5.66. The quantitative estimate of drug-likeness (QED) is 0.192. The minimum atomic E-state index is -6.72. The van der Waals surface area contributed by atoms with Gasteiger partial charge in [0.1, 0.15) is 0 Å². The van der Waals surface area contributed by atoms with E-state index in [0.29, 0.717) is 6.61 Å². The number of rotatable bonds is 7. The first-order valence-electron chi connectivity index (χ1n) is 6.63. The number of carbonyl (C=O) groups is 1. The molecule has 8 nitrogen and oxygen atoms in total. The van der Waals surface area contributed by atoms with Gasteiger partial charge in [0.2, 0.25) is 0 Å². The van der Waals surface area contributed by atoms with Gasteiger partial charge in [0.15, 0.2) is 20.0 Å². The van der Waals surface area contributed by atoms with Crippen LogP contribution in [-0.4, -0.2) is 72.6 Å². The van der Waals surface area contributed by atoms with E-state index in [4.69, 9.17) is 4.74 Å². The van der Waals surface area contributed by atoms with Gasteiger partial charge in [-0.25, -0.2) is 21.6 Å². The standard InChI is InChI=1S/C9H18NO2.C2F6NO4S2/c1-5-9(11)12-8-6-7-10(2,3)4;3-1(4,5)14(10,11)9-15(12,13)2(6,7)8/h5H,1,6-8H2,2-4H3;/q+1;-1. The first kappa shape index (κ1) is 27.8. The fourth-order valence-electron chi connectivity index (χ4n) is 0.984. The zero-order valence-corrected chi connectivity index (χ0v) is 16.0. The summed E-state index contributed by atoms with van der Waals surface area (Å²) >= 11 is 0. The average molecular weight is 452 g/mol. The number of sulfonamides is 2. The first-order valence-corrected chi connectivity index (χ1v) is 9.51. The first-order chi connectivity index (χ1) is 11.7. The maximum absolute atomic E-state index is 11.4. The fraction of sp³-hybridized carbons (Fsp3) is 0.727. The molecule has 0 bridgehead atoms. The summed E-state index contributed by atoms with van der Waals surface area (Å²) in [6.45, 7) is 4.80. The molecule has 0 aromatic carbocycles.